The molecule has 1 fully saturated rings. The Hall–Kier alpha value is -2.06. The van der Waals surface area contributed by atoms with Crippen LogP contribution in [0.25, 0.3) is 0 Å². The molecule has 2 aromatic rings. The molecule has 3 N–H and O–H groups in total. The molecule has 3 rings (SSSR count). The molecular formula is C20H23BrClFN3O9P. The second kappa shape index (κ2) is 11.5. The highest BCUT2D eigenvalue weighted by Crippen LogP contribution is 2.50. The summed E-state index contributed by atoms with van der Waals surface area (Å²) in [7, 11) is -4.36. The summed E-state index contributed by atoms with van der Waals surface area (Å²) >= 11 is 9.53. The number of esters is 1. The largest absolute Gasteiger partial charge is 0.465 e. The van der Waals surface area contributed by atoms with Crippen LogP contribution in [0.1, 0.15) is 20.1 Å². The number of hydrogen-bond acceptors (Lipinski definition) is 9. The molecule has 1 unspecified atom stereocenters. The van der Waals surface area contributed by atoms with E-state index in [1.807, 2.05) is 4.98 Å². The second-order valence-corrected chi connectivity index (χ2v) is 11.7. The molecule has 2 heterocycles. The van der Waals surface area contributed by atoms with Gasteiger partial charge >= 0.3 is 19.4 Å². The molecule has 16 heteroatoms. The van der Waals surface area contributed by atoms with Crippen LogP contribution in [-0.2, 0) is 23.4 Å². The quantitative estimate of drug-likeness (QED) is 0.205. The first-order chi connectivity index (χ1) is 16.9. The molecule has 0 saturated carbocycles. The Morgan fingerprint density at radius 3 is 2.67 bits per heavy atom. The summed E-state index contributed by atoms with van der Waals surface area (Å²) in [6.07, 6.45) is -2.94. The molecule has 1 saturated heterocycles. The van der Waals surface area contributed by atoms with Crippen LogP contribution in [0.15, 0.2) is 46.1 Å². The number of nitrogens with one attached hydrogen (secondary N) is 2. The minimum absolute atomic E-state index is 0.0407. The van der Waals surface area contributed by atoms with Crippen LogP contribution < -0.4 is 20.9 Å². The number of alkyl halides is 2. The van der Waals surface area contributed by atoms with E-state index in [-0.39, 0.29) is 12.4 Å². The van der Waals surface area contributed by atoms with Gasteiger partial charge in [0.2, 0.25) is 0 Å². The predicted molar refractivity (Wildman–Crippen MR) is 129 cm³/mol. The fourth-order valence-electron chi connectivity index (χ4n) is 3.17. The van der Waals surface area contributed by atoms with Crippen LogP contribution >= 0.6 is 35.3 Å². The van der Waals surface area contributed by atoms with Crippen LogP contribution in [0.4, 0.5) is 4.39 Å². The van der Waals surface area contributed by atoms with Crippen LogP contribution in [0.5, 0.6) is 5.75 Å². The zero-order valence-corrected chi connectivity index (χ0v) is 22.2. The topological polar surface area (TPSA) is 158 Å². The molecule has 12 nitrogen and oxygen atoms in total. The molecule has 1 aromatic heterocycles. The van der Waals surface area contributed by atoms with Gasteiger partial charge in [-0.3, -0.25) is 23.7 Å². The molecule has 36 heavy (non-hydrogen) atoms. The van der Waals surface area contributed by atoms with Crippen molar-refractivity contribution in [3.8, 4) is 5.75 Å². The second-order valence-electron chi connectivity index (χ2n) is 7.60. The van der Waals surface area contributed by atoms with Gasteiger partial charge in [-0.2, -0.15) is 5.09 Å². The first-order valence-electron chi connectivity index (χ1n) is 10.5. The van der Waals surface area contributed by atoms with Gasteiger partial charge in [0.15, 0.2) is 10.0 Å². The predicted octanol–water partition coefficient (Wildman–Crippen LogP) is 2.01. The fourth-order valence-corrected chi connectivity index (χ4v) is 5.59. The van der Waals surface area contributed by atoms with Crippen molar-refractivity contribution in [2.24, 2.45) is 0 Å². The normalized spacial score (nSPS) is 26.2. The maximum atomic E-state index is 13.5. The number of aromatic amines is 1. The highest BCUT2D eigenvalue weighted by molar-refractivity contribution is 9.10. The summed E-state index contributed by atoms with van der Waals surface area (Å²) in [6, 6.07) is 4.45. The van der Waals surface area contributed by atoms with Gasteiger partial charge in [-0.1, -0.05) is 27.5 Å². The molecule has 0 aliphatic carbocycles. The summed E-state index contributed by atoms with van der Waals surface area (Å²) in [5.41, 5.74) is -1.49. The summed E-state index contributed by atoms with van der Waals surface area (Å²) in [5.74, 6) is -1.34. The van der Waals surface area contributed by atoms with Crippen LogP contribution in [-0.4, -0.2) is 55.9 Å². The van der Waals surface area contributed by atoms with Crippen molar-refractivity contribution in [2.75, 3.05) is 13.2 Å². The van der Waals surface area contributed by atoms with E-state index in [0.717, 1.165) is 29.0 Å². The lowest BCUT2D eigenvalue weighted by atomic mass is 10.2. The molecule has 198 valence electrons. The van der Waals surface area contributed by atoms with E-state index in [2.05, 4.69) is 21.0 Å². The van der Waals surface area contributed by atoms with Gasteiger partial charge in [-0.05, 0) is 38.1 Å². The van der Waals surface area contributed by atoms with Crippen molar-refractivity contribution in [2.45, 2.75) is 42.1 Å². The summed E-state index contributed by atoms with van der Waals surface area (Å²) in [4.78, 5) is 37.7. The number of halogens is 3. The third-order valence-electron chi connectivity index (χ3n) is 4.92. The average Bonchev–Trinajstić information content (AvgIpc) is 3.03. The molecule has 6 atom stereocenters. The lowest BCUT2D eigenvalue weighted by molar-refractivity contribution is -0.144. The molecule has 0 radical (unpaired) electrons. The van der Waals surface area contributed by atoms with Gasteiger partial charge < -0.3 is 19.1 Å². The van der Waals surface area contributed by atoms with E-state index in [4.69, 9.17) is 30.1 Å². The molecule has 1 aliphatic heterocycles. The number of rotatable bonds is 10. The number of aliphatic hydroxyl groups excluding tert-OH is 1. The van der Waals surface area contributed by atoms with Crippen LogP contribution in [0.2, 0.25) is 0 Å². The number of aromatic nitrogens is 2. The lowest BCUT2D eigenvalue weighted by Gasteiger charge is -2.25. The number of aliphatic hydroxyl groups is 1. The highest BCUT2D eigenvalue weighted by Gasteiger charge is 2.55. The number of nitrogens with zero attached hydrogens (tertiary/aromatic N) is 1. The standard InChI is InChI=1S/C20H23BrClFN3O9P/c1-3-32-17(29)11(2)25-36(31,35-13-6-4-12(23)5-7-13)33-10-14-16(28)20(21,22)18(34-14)26-9-8-15(27)24-19(26)30/h4-9,11,14,16,18,28H,3,10H2,1-2H3,(H,25,31)(H,24,27,30)/t11-,14+,16+,18+,20-,36?/m0/s1. The number of benzene rings is 1. The molecule has 0 amide bonds. The highest BCUT2D eigenvalue weighted by atomic mass is 79.9. The Labute approximate surface area is 217 Å². The minimum atomic E-state index is -4.36. The van der Waals surface area contributed by atoms with E-state index < -0.39 is 65.7 Å². The lowest BCUT2D eigenvalue weighted by Crippen LogP contribution is -2.41. The van der Waals surface area contributed by atoms with Gasteiger partial charge in [0.1, 0.15) is 29.8 Å². The maximum absolute atomic E-state index is 13.5. The van der Waals surface area contributed by atoms with E-state index in [1.54, 1.807) is 6.92 Å². The zero-order chi connectivity index (χ0) is 26.7. The van der Waals surface area contributed by atoms with Crippen molar-refractivity contribution < 1.29 is 37.4 Å². The third kappa shape index (κ3) is 6.62. The van der Waals surface area contributed by atoms with E-state index in [0.29, 0.717) is 0 Å². The first kappa shape index (κ1) is 28.5. The molecule has 0 spiro atoms. The van der Waals surface area contributed by atoms with E-state index in [9.17, 15) is 28.4 Å². The van der Waals surface area contributed by atoms with Gasteiger partial charge in [-0.25, -0.2) is 13.8 Å². The maximum Gasteiger partial charge on any atom is 0.459 e. The Bertz CT molecular complexity index is 1240. The van der Waals surface area contributed by atoms with E-state index in [1.165, 1.54) is 19.1 Å². The summed E-state index contributed by atoms with van der Waals surface area (Å²) in [6.45, 7) is 2.45. The van der Waals surface area contributed by atoms with Gasteiger partial charge in [-0.15, -0.1) is 0 Å². The number of H-pyrrole nitrogens is 1. The monoisotopic (exact) mass is 613 g/mol. The molecule has 0 bridgehead atoms. The van der Waals surface area contributed by atoms with Crippen molar-refractivity contribution in [1.82, 2.24) is 14.6 Å². The number of carbonyl (C=O) groups is 1. The minimum Gasteiger partial charge on any atom is -0.465 e. The van der Waals surface area contributed by atoms with Crippen LogP contribution in [0, 0.1) is 5.82 Å². The molecule has 1 aromatic carbocycles. The Balaban J connectivity index is 1.81. The van der Waals surface area contributed by atoms with E-state index >= 15 is 0 Å². The number of hydrogen-bond donors (Lipinski definition) is 3. The average molecular weight is 615 g/mol. The Kier molecular flexibility index (Phi) is 9.15. The Morgan fingerprint density at radius 1 is 1.39 bits per heavy atom. The van der Waals surface area contributed by atoms with Crippen molar-refractivity contribution in [3.05, 3.63) is 63.2 Å². The summed E-state index contributed by atoms with van der Waals surface area (Å²) < 4.78 is 47.5. The van der Waals surface area contributed by atoms with Gasteiger partial charge in [0.25, 0.3) is 5.56 Å². The smallest absolute Gasteiger partial charge is 0.459 e. The zero-order valence-electron chi connectivity index (χ0n) is 18.9. The number of carbonyl (C=O) groups excluding carboxylic acids is 1. The van der Waals surface area contributed by atoms with Gasteiger partial charge in [0, 0.05) is 12.3 Å². The van der Waals surface area contributed by atoms with Crippen molar-refractivity contribution in [1.29, 1.82) is 0 Å². The third-order valence-corrected chi connectivity index (χ3v) is 7.84. The SMILES string of the molecule is CCOC(=O)[C@H](C)NP(=O)(OC[C@H]1O[C@@H](n2ccc(=O)[nH]c2=O)[C@](Cl)(Br)[C@@H]1O)Oc1ccc(F)cc1. The van der Waals surface area contributed by atoms with Crippen molar-refractivity contribution in [3.63, 3.8) is 0 Å². The Morgan fingerprint density at radius 2 is 2.06 bits per heavy atom. The fraction of sp³-hybridized carbons (Fsp3) is 0.450. The number of ether oxygens (including phenoxy) is 2. The molecule has 1 aliphatic rings. The first-order valence-corrected chi connectivity index (χ1v) is 13.2. The van der Waals surface area contributed by atoms with Crippen molar-refractivity contribution >= 4 is 41.2 Å². The summed E-state index contributed by atoms with van der Waals surface area (Å²) in [5, 5.41) is 13.1. The molecular weight excluding hydrogens is 592 g/mol. The van der Waals surface area contributed by atoms with Gasteiger partial charge in [0.05, 0.1) is 13.2 Å². The van der Waals surface area contributed by atoms with Crippen LogP contribution in [0.3, 0.4) is 0 Å².